The van der Waals surface area contributed by atoms with Gasteiger partial charge in [-0.1, -0.05) is 12.1 Å². The summed E-state index contributed by atoms with van der Waals surface area (Å²) in [6.07, 6.45) is 1.06. The number of sulfonamides is 1. The molecule has 2 rings (SSSR count). The molecule has 0 aliphatic carbocycles. The number of anilines is 1. The van der Waals surface area contributed by atoms with Crippen molar-refractivity contribution < 1.29 is 17.9 Å². The van der Waals surface area contributed by atoms with Gasteiger partial charge in [0.05, 0.1) is 29.7 Å². The van der Waals surface area contributed by atoms with Gasteiger partial charge in [0, 0.05) is 13.1 Å². The number of nitrogens with zero attached hydrogens (tertiary/aromatic N) is 1. The number of hydrogen-bond donors (Lipinski definition) is 1. The van der Waals surface area contributed by atoms with Crippen LogP contribution in [0.3, 0.4) is 0 Å². The summed E-state index contributed by atoms with van der Waals surface area (Å²) in [5.74, 6) is -0.196. The average molecular weight is 312 g/mol. The molecule has 0 unspecified atom stereocenters. The van der Waals surface area contributed by atoms with Gasteiger partial charge in [-0.05, 0) is 26.0 Å². The highest BCUT2D eigenvalue weighted by Gasteiger charge is 2.31. The summed E-state index contributed by atoms with van der Waals surface area (Å²) in [7, 11) is -3.43. The van der Waals surface area contributed by atoms with Crippen LogP contribution in [0, 0.1) is 0 Å². The molecule has 21 heavy (non-hydrogen) atoms. The van der Waals surface area contributed by atoms with Crippen molar-refractivity contribution in [1.29, 1.82) is 0 Å². The van der Waals surface area contributed by atoms with Crippen LogP contribution in [0.15, 0.2) is 24.3 Å². The van der Waals surface area contributed by atoms with Crippen LogP contribution in [0.4, 0.5) is 5.69 Å². The molecule has 1 fully saturated rings. The molecule has 1 N–H and O–H groups in total. The van der Waals surface area contributed by atoms with Crippen LogP contribution in [-0.4, -0.2) is 50.8 Å². The topological polar surface area (TPSA) is 75.7 Å². The third kappa shape index (κ3) is 4.18. The molecule has 116 valence electrons. The lowest BCUT2D eigenvalue weighted by Crippen LogP contribution is -2.50. The third-order valence-corrected chi connectivity index (χ3v) is 3.76. The lowest BCUT2D eigenvalue weighted by atomic mass is 10.1. The van der Waals surface area contributed by atoms with Crippen molar-refractivity contribution in [1.82, 2.24) is 4.90 Å². The lowest BCUT2D eigenvalue weighted by molar-refractivity contribution is -0.0763. The first kappa shape index (κ1) is 15.8. The van der Waals surface area contributed by atoms with E-state index in [-0.39, 0.29) is 5.91 Å². The zero-order valence-corrected chi connectivity index (χ0v) is 13.2. The molecule has 1 heterocycles. The van der Waals surface area contributed by atoms with E-state index in [0.29, 0.717) is 30.9 Å². The largest absolute Gasteiger partial charge is 0.372 e. The summed E-state index contributed by atoms with van der Waals surface area (Å²) in [5, 5.41) is 0. The van der Waals surface area contributed by atoms with Gasteiger partial charge >= 0.3 is 0 Å². The van der Waals surface area contributed by atoms with Crippen LogP contribution in [0.2, 0.25) is 0 Å². The Morgan fingerprint density at radius 2 is 2.00 bits per heavy atom. The van der Waals surface area contributed by atoms with E-state index in [1.54, 1.807) is 29.2 Å². The van der Waals surface area contributed by atoms with Gasteiger partial charge in [-0.25, -0.2) is 8.42 Å². The maximum absolute atomic E-state index is 12.6. The minimum atomic E-state index is -3.43. The van der Waals surface area contributed by atoms with Crippen molar-refractivity contribution in [2.75, 3.05) is 30.7 Å². The molecule has 6 nitrogen and oxygen atoms in total. The molecule has 1 aliphatic rings. The summed E-state index contributed by atoms with van der Waals surface area (Å²) >= 11 is 0. The maximum atomic E-state index is 12.6. The highest BCUT2D eigenvalue weighted by atomic mass is 32.2. The van der Waals surface area contributed by atoms with Crippen LogP contribution in [0.25, 0.3) is 0 Å². The Bertz CT molecular complexity index is 640. The fraction of sp³-hybridized carbons (Fsp3) is 0.500. The van der Waals surface area contributed by atoms with Gasteiger partial charge in [-0.3, -0.25) is 9.52 Å². The minimum absolute atomic E-state index is 0.196. The molecule has 0 radical (unpaired) electrons. The second-order valence-corrected chi connectivity index (χ2v) is 7.50. The fourth-order valence-electron chi connectivity index (χ4n) is 2.32. The Labute approximate surface area is 125 Å². The predicted molar refractivity (Wildman–Crippen MR) is 80.8 cm³/mol. The maximum Gasteiger partial charge on any atom is 0.256 e. The smallest absolute Gasteiger partial charge is 0.256 e. The fourth-order valence-corrected chi connectivity index (χ4v) is 2.90. The lowest BCUT2D eigenvalue weighted by Gasteiger charge is -2.38. The average Bonchev–Trinajstić information content (AvgIpc) is 2.35. The number of carbonyl (C=O) groups is 1. The van der Waals surface area contributed by atoms with Gasteiger partial charge in [0.15, 0.2) is 0 Å². The molecular weight excluding hydrogens is 292 g/mol. The second-order valence-electron chi connectivity index (χ2n) is 5.75. The van der Waals surface area contributed by atoms with E-state index in [2.05, 4.69) is 4.72 Å². The van der Waals surface area contributed by atoms with Crippen molar-refractivity contribution in [2.24, 2.45) is 0 Å². The van der Waals surface area contributed by atoms with E-state index in [0.717, 1.165) is 6.26 Å². The Morgan fingerprint density at radius 3 is 2.62 bits per heavy atom. The monoisotopic (exact) mass is 312 g/mol. The number of morpholine rings is 1. The molecule has 1 saturated heterocycles. The van der Waals surface area contributed by atoms with E-state index in [1.165, 1.54) is 0 Å². The quantitative estimate of drug-likeness (QED) is 0.913. The normalized spacial score (nSPS) is 18.3. The number of carbonyl (C=O) groups excluding carboxylic acids is 1. The van der Waals surface area contributed by atoms with Gasteiger partial charge in [-0.15, -0.1) is 0 Å². The van der Waals surface area contributed by atoms with Crippen molar-refractivity contribution in [3.63, 3.8) is 0 Å². The molecule has 1 aliphatic heterocycles. The number of para-hydroxylation sites is 1. The summed E-state index contributed by atoms with van der Waals surface area (Å²) in [5.41, 5.74) is 0.252. The van der Waals surface area contributed by atoms with Crippen LogP contribution in [0.1, 0.15) is 24.2 Å². The summed E-state index contributed by atoms with van der Waals surface area (Å²) in [6.45, 7) is 5.29. The number of ether oxygens (including phenoxy) is 1. The van der Waals surface area contributed by atoms with E-state index in [4.69, 9.17) is 4.74 Å². The number of rotatable bonds is 3. The van der Waals surface area contributed by atoms with E-state index in [9.17, 15) is 13.2 Å². The zero-order chi connectivity index (χ0) is 15.7. The highest BCUT2D eigenvalue weighted by molar-refractivity contribution is 7.92. The number of amides is 1. The molecule has 0 bridgehead atoms. The Kier molecular flexibility index (Phi) is 4.25. The zero-order valence-electron chi connectivity index (χ0n) is 12.4. The van der Waals surface area contributed by atoms with E-state index < -0.39 is 15.6 Å². The molecular formula is C14H20N2O4S. The first-order valence-corrected chi connectivity index (χ1v) is 8.57. The molecule has 1 amide bonds. The molecule has 7 heteroatoms. The van der Waals surface area contributed by atoms with Gasteiger partial charge < -0.3 is 9.64 Å². The summed E-state index contributed by atoms with van der Waals surface area (Å²) < 4.78 is 30.8. The van der Waals surface area contributed by atoms with Crippen LogP contribution in [0.5, 0.6) is 0 Å². The summed E-state index contributed by atoms with van der Waals surface area (Å²) in [6, 6.07) is 6.61. The van der Waals surface area contributed by atoms with E-state index in [1.807, 2.05) is 13.8 Å². The van der Waals surface area contributed by atoms with Crippen molar-refractivity contribution >= 4 is 21.6 Å². The van der Waals surface area contributed by atoms with Crippen molar-refractivity contribution in [3.05, 3.63) is 29.8 Å². The molecule has 0 spiro atoms. The highest BCUT2D eigenvalue weighted by Crippen LogP contribution is 2.22. The molecule has 0 aromatic heterocycles. The predicted octanol–water partition coefficient (Wildman–Crippen LogP) is 1.31. The van der Waals surface area contributed by atoms with Crippen LogP contribution >= 0.6 is 0 Å². The SMILES string of the molecule is CC1(C)CN(C(=O)c2ccccc2NS(C)(=O)=O)CCO1. The van der Waals surface area contributed by atoms with Gasteiger partial charge in [-0.2, -0.15) is 0 Å². The molecule has 1 aromatic rings. The number of benzene rings is 1. The van der Waals surface area contributed by atoms with Gasteiger partial charge in [0.25, 0.3) is 5.91 Å². The van der Waals surface area contributed by atoms with Gasteiger partial charge in [0.2, 0.25) is 10.0 Å². The minimum Gasteiger partial charge on any atom is -0.372 e. The van der Waals surface area contributed by atoms with Crippen LogP contribution in [-0.2, 0) is 14.8 Å². The third-order valence-electron chi connectivity index (χ3n) is 3.17. The summed E-state index contributed by atoms with van der Waals surface area (Å²) in [4.78, 5) is 14.3. The Morgan fingerprint density at radius 1 is 1.33 bits per heavy atom. The Hall–Kier alpha value is -1.60. The standard InChI is InChI=1S/C14H20N2O4S/c1-14(2)10-16(8-9-20-14)13(17)11-6-4-5-7-12(11)15-21(3,18)19/h4-7,15H,8-10H2,1-3H3. The van der Waals surface area contributed by atoms with Crippen molar-refractivity contribution in [3.8, 4) is 0 Å². The van der Waals surface area contributed by atoms with Crippen LogP contribution < -0.4 is 4.72 Å². The first-order valence-electron chi connectivity index (χ1n) is 6.68. The molecule has 1 aromatic carbocycles. The number of nitrogens with one attached hydrogen (secondary N) is 1. The first-order chi connectivity index (χ1) is 9.68. The number of hydrogen-bond acceptors (Lipinski definition) is 4. The second kappa shape index (κ2) is 5.65. The van der Waals surface area contributed by atoms with E-state index >= 15 is 0 Å². The van der Waals surface area contributed by atoms with Gasteiger partial charge in [0.1, 0.15) is 0 Å². The molecule has 0 saturated carbocycles. The molecule has 0 atom stereocenters. The Balaban J connectivity index is 2.27. The van der Waals surface area contributed by atoms with Crippen molar-refractivity contribution in [2.45, 2.75) is 19.4 Å².